The number of amides is 2. The topological polar surface area (TPSA) is 106 Å². The normalized spacial score (nSPS) is 15.1. The highest BCUT2D eigenvalue weighted by molar-refractivity contribution is 8.18. The van der Waals surface area contributed by atoms with Crippen molar-refractivity contribution >= 4 is 35.0 Å². The van der Waals surface area contributed by atoms with Crippen molar-refractivity contribution in [2.24, 2.45) is 0 Å². The average molecular weight is 495 g/mol. The third-order valence-corrected chi connectivity index (χ3v) is 6.06. The van der Waals surface area contributed by atoms with Crippen molar-refractivity contribution in [3.63, 3.8) is 0 Å². The molecule has 1 fully saturated rings. The number of carbonyl (C=O) groups is 3. The summed E-state index contributed by atoms with van der Waals surface area (Å²) < 4.78 is 16.8. The van der Waals surface area contributed by atoms with Gasteiger partial charge in [-0.15, -0.1) is 0 Å². The largest absolute Gasteiger partial charge is 0.490 e. The highest BCUT2D eigenvalue weighted by atomic mass is 32.2. The van der Waals surface area contributed by atoms with E-state index >= 15 is 0 Å². The average Bonchev–Trinajstić information content (AvgIpc) is 3.11. The molecule has 1 aliphatic rings. The van der Waals surface area contributed by atoms with E-state index in [1.165, 1.54) is 0 Å². The number of rotatable bonds is 10. The molecule has 0 spiro atoms. The van der Waals surface area contributed by atoms with Crippen molar-refractivity contribution in [3.8, 4) is 17.6 Å². The summed E-state index contributed by atoms with van der Waals surface area (Å²) >= 11 is 0.766. The minimum absolute atomic E-state index is 0.189. The van der Waals surface area contributed by atoms with Gasteiger partial charge < -0.3 is 14.2 Å². The molecule has 0 aliphatic carbocycles. The molecule has 1 aliphatic heterocycles. The van der Waals surface area contributed by atoms with Gasteiger partial charge in [0.15, 0.2) is 11.5 Å². The van der Waals surface area contributed by atoms with Crippen molar-refractivity contribution in [2.45, 2.75) is 39.9 Å². The van der Waals surface area contributed by atoms with Gasteiger partial charge in [-0.05, 0) is 61.9 Å². The lowest BCUT2D eigenvalue weighted by atomic mass is 10.1. The molecule has 2 aromatic rings. The Hall–Kier alpha value is -3.77. The van der Waals surface area contributed by atoms with Crippen LogP contribution in [0.1, 0.15) is 43.9 Å². The zero-order valence-corrected chi connectivity index (χ0v) is 20.6. The van der Waals surface area contributed by atoms with E-state index in [2.05, 4.69) is 6.07 Å². The number of thioether (sulfide) groups is 1. The molecular formula is C26H26N2O6S. The molecule has 9 heteroatoms. The fourth-order valence-electron chi connectivity index (χ4n) is 3.17. The van der Waals surface area contributed by atoms with Crippen LogP contribution < -0.4 is 9.47 Å². The zero-order chi connectivity index (χ0) is 25.4. The molecule has 0 N–H and O–H groups in total. The molecule has 8 nitrogen and oxygen atoms in total. The first-order chi connectivity index (χ1) is 16.9. The lowest BCUT2D eigenvalue weighted by molar-refractivity contribution is -0.150. The second-order valence-corrected chi connectivity index (χ2v) is 8.67. The Bertz CT molecular complexity index is 1190. The molecule has 35 heavy (non-hydrogen) atoms. The Morgan fingerprint density at radius 3 is 2.63 bits per heavy atom. The monoisotopic (exact) mass is 494 g/mol. The summed E-state index contributed by atoms with van der Waals surface area (Å²) in [5, 5.41) is 8.74. The van der Waals surface area contributed by atoms with Crippen LogP contribution in [-0.4, -0.2) is 41.3 Å². The van der Waals surface area contributed by atoms with Crippen LogP contribution in [0.2, 0.25) is 0 Å². The van der Waals surface area contributed by atoms with Gasteiger partial charge in [0.1, 0.15) is 13.2 Å². The molecule has 182 valence electrons. The maximum atomic E-state index is 12.7. The number of hydrogen-bond donors (Lipinski definition) is 0. The summed E-state index contributed by atoms with van der Waals surface area (Å²) in [6, 6.07) is 14.5. The highest BCUT2D eigenvalue weighted by Crippen LogP contribution is 2.35. The number of ether oxygens (including phenoxy) is 3. The Kier molecular flexibility index (Phi) is 8.92. The maximum Gasteiger partial charge on any atom is 0.326 e. The van der Waals surface area contributed by atoms with Crippen LogP contribution in [0.5, 0.6) is 11.5 Å². The standard InChI is InChI=1S/C26H26N2O6S/c1-4-17(3)34-24(29)15-28-25(30)23(35-26(28)31)13-18-10-11-21(22(12-18)32-5-2)33-16-20-9-7-6-8-19(20)14-27/h6-13,17H,4-5,15-16H2,1-3H3/b23-13+/t17-/m0/s1. The second kappa shape index (κ2) is 12.1. The minimum Gasteiger partial charge on any atom is -0.490 e. The summed E-state index contributed by atoms with van der Waals surface area (Å²) in [7, 11) is 0. The van der Waals surface area contributed by atoms with Crippen LogP contribution in [0.3, 0.4) is 0 Å². The zero-order valence-electron chi connectivity index (χ0n) is 19.8. The van der Waals surface area contributed by atoms with E-state index in [9.17, 15) is 19.6 Å². The van der Waals surface area contributed by atoms with Crippen LogP contribution in [-0.2, 0) is 20.9 Å². The smallest absolute Gasteiger partial charge is 0.326 e. The third-order valence-electron chi connectivity index (χ3n) is 5.15. The van der Waals surface area contributed by atoms with Gasteiger partial charge in [-0.2, -0.15) is 5.26 Å². The van der Waals surface area contributed by atoms with Gasteiger partial charge in [-0.1, -0.05) is 31.2 Å². The molecule has 0 radical (unpaired) electrons. The van der Waals surface area contributed by atoms with E-state index in [0.717, 1.165) is 22.2 Å². The fraction of sp³-hybridized carbons (Fsp3) is 0.308. The Labute approximate surface area is 208 Å². The van der Waals surface area contributed by atoms with Crippen LogP contribution in [0.15, 0.2) is 47.4 Å². The predicted molar refractivity (Wildman–Crippen MR) is 132 cm³/mol. The van der Waals surface area contributed by atoms with E-state index in [1.54, 1.807) is 43.3 Å². The first kappa shape index (κ1) is 25.8. The third kappa shape index (κ3) is 6.64. The second-order valence-electron chi connectivity index (χ2n) is 7.67. The number of imide groups is 1. The van der Waals surface area contributed by atoms with Gasteiger partial charge in [0.05, 0.1) is 29.2 Å². The summed E-state index contributed by atoms with van der Waals surface area (Å²) in [6.45, 7) is 5.62. The number of hydrogen-bond acceptors (Lipinski definition) is 8. The maximum absolute atomic E-state index is 12.7. The minimum atomic E-state index is -0.624. The molecule has 0 aromatic heterocycles. The van der Waals surface area contributed by atoms with Crippen molar-refractivity contribution in [1.29, 1.82) is 5.26 Å². The summed E-state index contributed by atoms with van der Waals surface area (Å²) in [5.74, 6) is -0.224. The number of benzene rings is 2. The van der Waals surface area contributed by atoms with Gasteiger partial charge in [0.25, 0.3) is 11.1 Å². The van der Waals surface area contributed by atoms with E-state index in [4.69, 9.17) is 14.2 Å². The van der Waals surface area contributed by atoms with Crippen molar-refractivity contribution in [2.75, 3.05) is 13.2 Å². The van der Waals surface area contributed by atoms with E-state index in [1.807, 2.05) is 26.0 Å². The molecule has 1 heterocycles. The summed E-state index contributed by atoms with van der Waals surface area (Å²) in [6.07, 6.45) is 1.92. The van der Waals surface area contributed by atoms with Gasteiger partial charge in [0.2, 0.25) is 0 Å². The van der Waals surface area contributed by atoms with E-state index < -0.39 is 23.7 Å². The lowest BCUT2D eigenvalue weighted by Crippen LogP contribution is -2.35. The quantitative estimate of drug-likeness (QED) is 0.339. The lowest BCUT2D eigenvalue weighted by Gasteiger charge is -2.15. The van der Waals surface area contributed by atoms with Gasteiger partial charge in [0, 0.05) is 5.56 Å². The van der Waals surface area contributed by atoms with Crippen molar-refractivity contribution < 1.29 is 28.6 Å². The molecule has 3 rings (SSSR count). The Morgan fingerprint density at radius 1 is 1.14 bits per heavy atom. The van der Waals surface area contributed by atoms with Gasteiger partial charge >= 0.3 is 5.97 Å². The highest BCUT2D eigenvalue weighted by Gasteiger charge is 2.36. The number of esters is 1. The number of carbonyl (C=O) groups excluding carboxylic acids is 3. The van der Waals surface area contributed by atoms with Crippen LogP contribution in [0.25, 0.3) is 6.08 Å². The molecule has 1 saturated heterocycles. The molecule has 2 amide bonds. The first-order valence-corrected chi connectivity index (χ1v) is 12.0. The molecule has 0 saturated carbocycles. The van der Waals surface area contributed by atoms with Crippen LogP contribution >= 0.6 is 11.8 Å². The molecular weight excluding hydrogens is 468 g/mol. The number of nitriles is 1. The van der Waals surface area contributed by atoms with E-state index in [-0.39, 0.29) is 17.6 Å². The summed E-state index contributed by atoms with van der Waals surface area (Å²) in [4.78, 5) is 38.2. The molecule has 0 unspecified atom stereocenters. The number of nitrogens with zero attached hydrogens (tertiary/aromatic N) is 2. The Balaban J connectivity index is 1.75. The van der Waals surface area contributed by atoms with Gasteiger partial charge in [-0.3, -0.25) is 19.3 Å². The molecule has 2 aromatic carbocycles. The van der Waals surface area contributed by atoms with E-state index in [0.29, 0.717) is 35.7 Å². The SMILES string of the molecule is CCOc1cc(/C=C2/SC(=O)N(CC(=O)O[C@@H](C)CC)C2=O)ccc1OCc1ccccc1C#N. The predicted octanol–water partition coefficient (Wildman–Crippen LogP) is 4.91. The van der Waals surface area contributed by atoms with Crippen LogP contribution in [0.4, 0.5) is 4.79 Å². The van der Waals surface area contributed by atoms with Crippen molar-refractivity contribution in [1.82, 2.24) is 4.90 Å². The summed E-state index contributed by atoms with van der Waals surface area (Å²) in [5.41, 5.74) is 1.92. The Morgan fingerprint density at radius 2 is 1.91 bits per heavy atom. The van der Waals surface area contributed by atoms with Gasteiger partial charge in [-0.25, -0.2) is 0 Å². The fourth-order valence-corrected chi connectivity index (χ4v) is 4.01. The molecule has 0 bridgehead atoms. The van der Waals surface area contributed by atoms with Crippen molar-refractivity contribution in [3.05, 3.63) is 64.1 Å². The molecule has 1 atom stereocenters. The first-order valence-electron chi connectivity index (χ1n) is 11.2. The van der Waals surface area contributed by atoms with Crippen LogP contribution in [0, 0.1) is 11.3 Å².